The molecule has 10 nitrogen and oxygen atoms in total. The number of aryl methyl sites for hydroxylation is 6. The average Bonchev–Trinajstić information content (AvgIpc) is 1.54. The summed E-state index contributed by atoms with van der Waals surface area (Å²) in [6.07, 6.45) is 0. The second kappa shape index (κ2) is 31.8. The summed E-state index contributed by atoms with van der Waals surface area (Å²) >= 11 is 3.77. The number of para-hydroxylation sites is 12. The van der Waals surface area contributed by atoms with Gasteiger partial charge in [0.15, 0.2) is 0 Å². The number of fused-ring (bicyclic) bond motifs is 39. The van der Waals surface area contributed by atoms with Crippen LogP contribution in [0, 0.1) is 0 Å². The molecule has 12 aromatic heterocycles. The van der Waals surface area contributed by atoms with Gasteiger partial charge in [-0.25, -0.2) is 0 Å². The van der Waals surface area contributed by atoms with Crippen LogP contribution in [0.5, 0.6) is 0 Å². The normalized spacial score (nSPS) is 12.0. The molecule has 0 saturated carbocycles. The van der Waals surface area contributed by atoms with Crippen molar-refractivity contribution in [2.45, 2.75) is 0 Å². The van der Waals surface area contributed by atoms with E-state index in [4.69, 9.17) is 8.83 Å². The Bertz CT molecular complexity index is 10200. The van der Waals surface area contributed by atoms with Crippen molar-refractivity contribution < 1.29 is 8.83 Å². The van der Waals surface area contributed by atoms with Crippen LogP contribution in [0.2, 0.25) is 0 Å². The van der Waals surface area contributed by atoms with Crippen molar-refractivity contribution in [2.75, 3.05) is 0 Å². The number of benzene rings is 20. The Kier molecular flexibility index (Phi) is 18.5. The van der Waals surface area contributed by atoms with E-state index in [2.05, 4.69) is 479 Å². The number of nitrogens with zero attached hydrogens (tertiary/aromatic N) is 8. The third kappa shape index (κ3) is 12.3. The topological polar surface area (TPSA) is 65.7 Å². The molecule has 32 aromatic rings. The molecule has 0 aliphatic rings. The molecule has 32 rings (SSSR count). The molecule has 0 spiro atoms. The van der Waals surface area contributed by atoms with Gasteiger partial charge in [-0.1, -0.05) is 267 Å². The molecule has 0 radical (unpaired) electrons. The molecule has 0 aliphatic heterocycles. The summed E-state index contributed by atoms with van der Waals surface area (Å²) < 4.78 is 36.1. The van der Waals surface area contributed by atoms with Gasteiger partial charge in [0.25, 0.3) is 0 Å². The fourth-order valence-electron chi connectivity index (χ4n) is 22.8. The molecule has 12 heteroatoms. The molecule has 0 atom stereocenters. The Hall–Kier alpha value is -17.2. The van der Waals surface area contributed by atoms with Gasteiger partial charge in [0, 0.05) is 246 Å². The molecule has 0 saturated heterocycles. The number of thiophene rings is 2. The molecule has 138 heavy (non-hydrogen) atoms. The van der Waals surface area contributed by atoms with Crippen molar-refractivity contribution in [2.24, 2.45) is 42.3 Å². The SMILES string of the molecule is Cn1c2ccccc2c2cc3c(cc21)c1ccccc1n3-c1ccccc1.Cn1c2ccccc2c2cc3oc4ccccc4c3cc21.Cn1c2ccccc2c2cc3sc4ccccc4c3cc21.Cn1c2ccccc2c2ccc3c(c4ccccc4n3-c3ccccc3)c21.Cn1c2ccccc2c2ccc3oc4ccccc4c3c21.Cn1c2ccccc2c2ccc3sc4ccccc4c3c21. The standard InChI is InChI=1S/2C25H18N2.2C19H13NO.2C19H13NS/c1-26-22-13-7-5-11-18(22)20-16-25-21(15-24(20)26)19-12-6-8-14-23(19)27(25)17-9-3-2-4-10-17;1-26-21-13-7-5-11-18(21)19-15-16-23-24(25(19)26)20-12-6-8-14-22(20)27(23)17-9-3-2-4-10-17;1-20-16-8-4-2-6-12(16)14-11-19-15(10-17(14)20)13-7-3-5-9-18(13)21-19;1-20-15-8-4-2-6-12(15)13-10-11-17-18(19(13)20)14-7-3-5-9-16(14)21-17;1-20-16-8-4-2-6-12(16)14-11-19-15(10-17(14)20)13-7-3-5-9-18(13)21-19;1-20-15-8-4-2-6-12(15)13-10-11-17-18(19(13)20)14-7-3-5-9-16(14)21-17/h2*2-16H,1H3;4*2-11H,1H3. The third-order valence-corrected chi connectivity index (χ3v) is 31.3. The van der Waals surface area contributed by atoms with Crippen molar-refractivity contribution in [3.05, 3.63) is 425 Å². The second-order valence-corrected chi connectivity index (χ2v) is 38.5. The molecule has 0 amide bonds. The monoisotopic (exact) mass is 1810 g/mol. The van der Waals surface area contributed by atoms with Crippen LogP contribution >= 0.6 is 22.7 Å². The van der Waals surface area contributed by atoms with E-state index in [9.17, 15) is 0 Å². The highest BCUT2D eigenvalue weighted by atomic mass is 32.1. The lowest BCUT2D eigenvalue weighted by molar-refractivity contribution is 0.669. The van der Waals surface area contributed by atoms with Crippen LogP contribution in [0.15, 0.2) is 433 Å². The minimum Gasteiger partial charge on any atom is -0.456 e. The number of rotatable bonds is 2. The van der Waals surface area contributed by atoms with Crippen LogP contribution in [0.1, 0.15) is 0 Å². The highest BCUT2D eigenvalue weighted by Gasteiger charge is 2.24. The van der Waals surface area contributed by atoms with Crippen molar-refractivity contribution in [3.63, 3.8) is 0 Å². The molecule has 656 valence electrons. The van der Waals surface area contributed by atoms with Crippen molar-refractivity contribution in [1.82, 2.24) is 36.5 Å². The number of aromatic nitrogens is 8. The van der Waals surface area contributed by atoms with Gasteiger partial charge in [0.1, 0.15) is 22.3 Å². The maximum Gasteiger partial charge on any atom is 0.137 e. The summed E-state index contributed by atoms with van der Waals surface area (Å²) in [4.78, 5) is 0. The van der Waals surface area contributed by atoms with Crippen LogP contribution in [-0.4, -0.2) is 36.5 Å². The van der Waals surface area contributed by atoms with E-state index >= 15 is 0 Å². The first kappa shape index (κ1) is 80.5. The summed E-state index contributed by atoms with van der Waals surface area (Å²) in [6, 6.07) is 151. The average molecular weight is 1810 g/mol. The molecule has 12 heterocycles. The molecule has 20 aromatic carbocycles. The van der Waals surface area contributed by atoms with Gasteiger partial charge in [0.05, 0.1) is 44.0 Å². The predicted octanol–water partition coefficient (Wildman–Crippen LogP) is 34.7. The number of hydrogen-bond donors (Lipinski definition) is 0. The van der Waals surface area contributed by atoms with Crippen molar-refractivity contribution in [3.8, 4) is 11.4 Å². The highest BCUT2D eigenvalue weighted by molar-refractivity contribution is 7.26. The molecule has 0 bridgehead atoms. The van der Waals surface area contributed by atoms with Gasteiger partial charge in [-0.15, -0.1) is 22.7 Å². The maximum atomic E-state index is 6.01. The first-order chi connectivity index (χ1) is 68.0. The number of hydrogen-bond acceptors (Lipinski definition) is 4. The fourth-order valence-corrected chi connectivity index (χ4v) is 25.0. The maximum absolute atomic E-state index is 6.01. The van der Waals surface area contributed by atoms with Gasteiger partial charge < -0.3 is 45.4 Å². The lowest BCUT2D eigenvalue weighted by atomic mass is 10.1. The smallest absolute Gasteiger partial charge is 0.137 e. The predicted molar refractivity (Wildman–Crippen MR) is 592 cm³/mol. The van der Waals surface area contributed by atoms with E-state index in [0.717, 1.165) is 22.3 Å². The molecular formula is C126H88N8O2S2. The Morgan fingerprint density at radius 3 is 1.01 bits per heavy atom. The quantitative estimate of drug-likeness (QED) is 0.173. The highest BCUT2D eigenvalue weighted by Crippen LogP contribution is 2.48. The zero-order chi connectivity index (χ0) is 91.8. The lowest BCUT2D eigenvalue weighted by Gasteiger charge is -2.07. The van der Waals surface area contributed by atoms with Crippen LogP contribution in [0.4, 0.5) is 0 Å². The molecule has 0 N–H and O–H groups in total. The Morgan fingerprint density at radius 2 is 0.478 bits per heavy atom. The molecular weight excluding hydrogens is 1720 g/mol. The van der Waals surface area contributed by atoms with E-state index in [-0.39, 0.29) is 0 Å². The zero-order valence-corrected chi connectivity index (χ0v) is 78.3. The zero-order valence-electron chi connectivity index (χ0n) is 76.6. The Morgan fingerprint density at radius 1 is 0.152 bits per heavy atom. The van der Waals surface area contributed by atoms with Gasteiger partial charge in [0.2, 0.25) is 0 Å². The van der Waals surface area contributed by atoms with E-state index in [1.807, 2.05) is 46.9 Å². The summed E-state index contributed by atoms with van der Waals surface area (Å²) in [7, 11) is 12.9. The summed E-state index contributed by atoms with van der Waals surface area (Å²) in [6.45, 7) is 0. The van der Waals surface area contributed by atoms with Gasteiger partial charge in [-0.05, 0) is 158 Å². The fraction of sp³-hybridized carbons (Fsp3) is 0.0476. The van der Waals surface area contributed by atoms with Crippen molar-refractivity contribution in [1.29, 1.82) is 0 Å². The lowest BCUT2D eigenvalue weighted by Crippen LogP contribution is -1.93. The Labute approximate surface area is 799 Å². The number of furan rings is 2. The van der Waals surface area contributed by atoms with Crippen molar-refractivity contribution >= 4 is 281 Å². The Balaban J connectivity index is 0.0000000838. The van der Waals surface area contributed by atoms with Gasteiger partial charge in [-0.3, -0.25) is 0 Å². The summed E-state index contributed by atoms with van der Waals surface area (Å²) in [5.74, 6) is 0. The third-order valence-electron chi connectivity index (χ3n) is 29.1. The van der Waals surface area contributed by atoms with Gasteiger partial charge in [-0.2, -0.15) is 0 Å². The van der Waals surface area contributed by atoms with Crippen LogP contribution in [0.25, 0.3) is 270 Å². The van der Waals surface area contributed by atoms with E-state index < -0.39 is 0 Å². The van der Waals surface area contributed by atoms with Crippen LogP contribution in [-0.2, 0) is 42.3 Å². The van der Waals surface area contributed by atoms with E-state index in [1.165, 1.54) is 248 Å². The minimum atomic E-state index is 0.949. The summed E-state index contributed by atoms with van der Waals surface area (Å²) in [5.41, 5.74) is 26.6. The van der Waals surface area contributed by atoms with Gasteiger partial charge >= 0.3 is 0 Å². The summed E-state index contributed by atoms with van der Waals surface area (Å²) in [5, 5.41) is 31.2. The first-order valence-electron chi connectivity index (χ1n) is 47.0. The van der Waals surface area contributed by atoms with Crippen LogP contribution < -0.4 is 0 Å². The van der Waals surface area contributed by atoms with E-state index in [1.54, 1.807) is 0 Å². The van der Waals surface area contributed by atoms with E-state index in [0.29, 0.717) is 0 Å². The molecule has 0 aliphatic carbocycles. The first-order valence-corrected chi connectivity index (χ1v) is 48.7. The molecule has 0 fully saturated rings. The largest absolute Gasteiger partial charge is 0.456 e. The van der Waals surface area contributed by atoms with Crippen LogP contribution in [0.3, 0.4) is 0 Å². The molecule has 0 unspecified atom stereocenters. The second-order valence-electron chi connectivity index (χ2n) is 36.4. The minimum absolute atomic E-state index is 0.949.